The molecule has 0 aliphatic rings. The molecule has 1 aromatic carbocycles. The van der Waals surface area contributed by atoms with E-state index in [1.165, 1.54) is 10.5 Å². The molecule has 0 amide bonds. The maximum Gasteiger partial charge on any atom is 0.0702 e. The summed E-state index contributed by atoms with van der Waals surface area (Å²) < 4.78 is 3.01. The summed E-state index contributed by atoms with van der Waals surface area (Å²) in [5.74, 6) is 0.846. The Balaban J connectivity index is 2.07. The maximum atomic E-state index is 6.36. The first-order chi connectivity index (χ1) is 9.63. The fraction of sp³-hybridized carbons (Fsp3) is 0.400. The number of benzene rings is 1. The standard InChI is InChI=1S/C15H20BrN3S/c1-3-8-19-15(12(16)9-18-19)13(17)10-20-14-7-5-4-6-11(14)2/h4-7,9,13H,3,8,10,17H2,1-2H3. The first-order valence-corrected chi connectivity index (χ1v) is 8.56. The van der Waals surface area contributed by atoms with Crippen molar-refractivity contribution in [3.63, 3.8) is 0 Å². The van der Waals surface area contributed by atoms with E-state index in [9.17, 15) is 0 Å². The topological polar surface area (TPSA) is 43.8 Å². The molecule has 1 aromatic heterocycles. The molecule has 2 N–H and O–H groups in total. The number of halogens is 1. The molecule has 0 saturated heterocycles. The van der Waals surface area contributed by atoms with Gasteiger partial charge in [-0.1, -0.05) is 25.1 Å². The quantitative estimate of drug-likeness (QED) is 0.793. The van der Waals surface area contributed by atoms with Crippen LogP contribution in [0.4, 0.5) is 0 Å². The van der Waals surface area contributed by atoms with E-state index in [0.29, 0.717) is 0 Å². The van der Waals surface area contributed by atoms with Crippen molar-refractivity contribution in [3.8, 4) is 0 Å². The first kappa shape index (κ1) is 15.6. The summed E-state index contributed by atoms with van der Waals surface area (Å²) in [6, 6.07) is 8.38. The summed E-state index contributed by atoms with van der Waals surface area (Å²) in [4.78, 5) is 1.29. The van der Waals surface area contributed by atoms with Crippen LogP contribution in [0.25, 0.3) is 0 Å². The van der Waals surface area contributed by atoms with Crippen molar-refractivity contribution in [2.24, 2.45) is 5.73 Å². The van der Waals surface area contributed by atoms with Crippen molar-refractivity contribution in [1.29, 1.82) is 0 Å². The van der Waals surface area contributed by atoms with Crippen molar-refractivity contribution in [2.45, 2.75) is 37.8 Å². The van der Waals surface area contributed by atoms with Crippen LogP contribution >= 0.6 is 27.7 Å². The van der Waals surface area contributed by atoms with Gasteiger partial charge in [0.2, 0.25) is 0 Å². The Kier molecular flexibility index (Phi) is 5.69. The number of thioether (sulfide) groups is 1. The van der Waals surface area contributed by atoms with E-state index in [4.69, 9.17) is 5.73 Å². The molecule has 0 fully saturated rings. The van der Waals surface area contributed by atoms with Crippen molar-refractivity contribution >= 4 is 27.7 Å². The van der Waals surface area contributed by atoms with Crippen molar-refractivity contribution in [1.82, 2.24) is 9.78 Å². The van der Waals surface area contributed by atoms with Crippen LogP contribution in [-0.4, -0.2) is 15.5 Å². The predicted octanol–water partition coefficient (Wildman–Crippen LogP) is 4.16. The molecule has 1 unspecified atom stereocenters. The third kappa shape index (κ3) is 3.65. The molecular formula is C15H20BrN3S. The second-order valence-electron chi connectivity index (χ2n) is 4.78. The molecule has 1 atom stereocenters. The fourth-order valence-corrected chi connectivity index (χ4v) is 3.69. The highest BCUT2D eigenvalue weighted by Gasteiger charge is 2.16. The summed E-state index contributed by atoms with van der Waals surface area (Å²) >= 11 is 5.36. The normalized spacial score (nSPS) is 12.6. The average Bonchev–Trinajstić information content (AvgIpc) is 2.79. The Labute approximate surface area is 133 Å². The maximum absolute atomic E-state index is 6.36. The van der Waals surface area contributed by atoms with Gasteiger partial charge in [-0.3, -0.25) is 4.68 Å². The van der Waals surface area contributed by atoms with E-state index in [1.54, 1.807) is 11.8 Å². The molecule has 0 aliphatic heterocycles. The van der Waals surface area contributed by atoms with E-state index < -0.39 is 0 Å². The number of nitrogens with zero attached hydrogens (tertiary/aromatic N) is 2. The van der Waals surface area contributed by atoms with Gasteiger partial charge in [0.1, 0.15) is 0 Å². The van der Waals surface area contributed by atoms with Crippen molar-refractivity contribution in [2.75, 3.05) is 5.75 Å². The van der Waals surface area contributed by atoms with Gasteiger partial charge in [0, 0.05) is 17.2 Å². The monoisotopic (exact) mass is 353 g/mol. The Morgan fingerprint density at radius 3 is 2.85 bits per heavy atom. The van der Waals surface area contributed by atoms with Gasteiger partial charge < -0.3 is 5.73 Å². The Bertz CT molecular complexity index is 568. The zero-order chi connectivity index (χ0) is 14.5. The lowest BCUT2D eigenvalue weighted by molar-refractivity contribution is 0.553. The number of aryl methyl sites for hydroxylation is 2. The second-order valence-corrected chi connectivity index (χ2v) is 6.70. The van der Waals surface area contributed by atoms with Gasteiger partial charge in [-0.15, -0.1) is 11.8 Å². The van der Waals surface area contributed by atoms with Crippen LogP contribution in [-0.2, 0) is 6.54 Å². The summed E-state index contributed by atoms with van der Waals surface area (Å²) in [6.07, 6.45) is 2.89. The van der Waals surface area contributed by atoms with Crippen LogP contribution in [0.1, 0.15) is 30.6 Å². The summed E-state index contributed by atoms with van der Waals surface area (Å²) in [5, 5.41) is 4.38. The molecule has 20 heavy (non-hydrogen) atoms. The van der Waals surface area contributed by atoms with Crippen LogP contribution in [0.15, 0.2) is 39.8 Å². The van der Waals surface area contributed by atoms with E-state index >= 15 is 0 Å². The van der Waals surface area contributed by atoms with Crippen LogP contribution in [0.2, 0.25) is 0 Å². The van der Waals surface area contributed by atoms with Crippen molar-refractivity contribution in [3.05, 3.63) is 46.2 Å². The van der Waals surface area contributed by atoms with Crippen molar-refractivity contribution < 1.29 is 0 Å². The number of nitrogens with two attached hydrogens (primary N) is 1. The molecule has 0 spiro atoms. The molecule has 0 saturated carbocycles. The Morgan fingerprint density at radius 1 is 1.40 bits per heavy atom. The number of hydrogen-bond acceptors (Lipinski definition) is 3. The lowest BCUT2D eigenvalue weighted by Gasteiger charge is -2.15. The summed E-state index contributed by atoms with van der Waals surface area (Å²) in [7, 11) is 0. The molecule has 1 heterocycles. The van der Waals surface area contributed by atoms with Gasteiger partial charge in [0.05, 0.1) is 22.4 Å². The zero-order valence-electron chi connectivity index (χ0n) is 11.8. The van der Waals surface area contributed by atoms with E-state index in [0.717, 1.165) is 28.9 Å². The number of rotatable bonds is 6. The van der Waals surface area contributed by atoms with E-state index in [1.807, 2.05) is 10.9 Å². The van der Waals surface area contributed by atoms with Gasteiger partial charge in [0.25, 0.3) is 0 Å². The molecular weight excluding hydrogens is 334 g/mol. The zero-order valence-corrected chi connectivity index (χ0v) is 14.2. The third-order valence-electron chi connectivity index (χ3n) is 3.13. The lowest BCUT2D eigenvalue weighted by atomic mass is 10.2. The molecule has 0 aliphatic carbocycles. The fourth-order valence-electron chi connectivity index (χ4n) is 2.11. The minimum atomic E-state index is -0.0250. The van der Waals surface area contributed by atoms with Crippen LogP contribution in [0.3, 0.4) is 0 Å². The molecule has 2 aromatic rings. The van der Waals surface area contributed by atoms with Crippen LogP contribution in [0, 0.1) is 6.92 Å². The molecule has 0 bridgehead atoms. The smallest absolute Gasteiger partial charge is 0.0702 e. The molecule has 5 heteroatoms. The van der Waals surface area contributed by atoms with Gasteiger partial charge in [0.15, 0.2) is 0 Å². The van der Waals surface area contributed by atoms with Crippen LogP contribution in [0.5, 0.6) is 0 Å². The van der Waals surface area contributed by atoms with Gasteiger partial charge in [-0.25, -0.2) is 0 Å². The molecule has 3 nitrogen and oxygen atoms in total. The minimum absolute atomic E-state index is 0.0250. The number of aromatic nitrogens is 2. The van der Waals surface area contributed by atoms with Gasteiger partial charge in [-0.05, 0) is 40.9 Å². The Hall–Kier alpha value is -0.780. The largest absolute Gasteiger partial charge is 0.322 e. The highest BCUT2D eigenvalue weighted by molar-refractivity contribution is 9.10. The highest BCUT2D eigenvalue weighted by Crippen LogP contribution is 2.29. The van der Waals surface area contributed by atoms with Gasteiger partial charge in [-0.2, -0.15) is 5.10 Å². The third-order valence-corrected chi connectivity index (χ3v) is 5.04. The molecule has 108 valence electrons. The SMILES string of the molecule is CCCn1ncc(Br)c1C(N)CSc1ccccc1C. The molecule has 2 rings (SSSR count). The second kappa shape index (κ2) is 7.29. The van der Waals surface area contributed by atoms with Crippen LogP contribution < -0.4 is 5.73 Å². The summed E-state index contributed by atoms with van der Waals surface area (Å²) in [5.41, 5.74) is 8.75. The minimum Gasteiger partial charge on any atom is -0.322 e. The van der Waals surface area contributed by atoms with E-state index in [-0.39, 0.29) is 6.04 Å². The number of hydrogen-bond donors (Lipinski definition) is 1. The average molecular weight is 354 g/mol. The summed E-state index contributed by atoms with van der Waals surface area (Å²) in [6.45, 7) is 5.18. The lowest BCUT2D eigenvalue weighted by Crippen LogP contribution is -2.19. The Morgan fingerprint density at radius 2 is 2.15 bits per heavy atom. The predicted molar refractivity (Wildman–Crippen MR) is 89.0 cm³/mol. The van der Waals surface area contributed by atoms with Gasteiger partial charge >= 0.3 is 0 Å². The first-order valence-electron chi connectivity index (χ1n) is 6.78. The van der Waals surface area contributed by atoms with E-state index in [2.05, 4.69) is 59.1 Å². The highest BCUT2D eigenvalue weighted by atomic mass is 79.9. The molecule has 0 radical (unpaired) electrons.